The van der Waals surface area contributed by atoms with Crippen molar-refractivity contribution in [2.45, 2.75) is 13.5 Å². The van der Waals surface area contributed by atoms with E-state index in [9.17, 15) is 4.79 Å². The Hall–Kier alpha value is -1.56. The van der Waals surface area contributed by atoms with Crippen LogP contribution in [0.15, 0.2) is 10.8 Å². The minimum absolute atomic E-state index is 0.359. The first-order valence-electron chi connectivity index (χ1n) is 3.38. The van der Waals surface area contributed by atoms with Crippen molar-refractivity contribution in [1.29, 1.82) is 0 Å². The van der Waals surface area contributed by atoms with Gasteiger partial charge >= 0.3 is 6.03 Å². The van der Waals surface area contributed by atoms with Gasteiger partial charge in [-0.1, -0.05) is 5.16 Å². The standard InChI is InChI=1S/C6H10N4O2/c1-4-5(3-12-10-4)2-8-6(11)9-7/h3H,2,7H2,1H3,(H2,8,9,11). The van der Waals surface area contributed by atoms with Crippen LogP contribution in [-0.4, -0.2) is 11.2 Å². The van der Waals surface area contributed by atoms with Gasteiger partial charge in [-0.15, -0.1) is 0 Å². The maximum Gasteiger partial charge on any atom is 0.329 e. The van der Waals surface area contributed by atoms with Gasteiger partial charge in [0.1, 0.15) is 6.26 Å². The fourth-order valence-corrected chi connectivity index (χ4v) is 0.709. The molecule has 66 valence electrons. The van der Waals surface area contributed by atoms with Crippen LogP contribution in [0.2, 0.25) is 0 Å². The SMILES string of the molecule is Cc1nocc1CNC(=O)NN. The van der Waals surface area contributed by atoms with Crippen LogP contribution in [0.25, 0.3) is 0 Å². The lowest BCUT2D eigenvalue weighted by molar-refractivity contribution is 0.240. The zero-order chi connectivity index (χ0) is 8.97. The van der Waals surface area contributed by atoms with Gasteiger partial charge in [0.2, 0.25) is 0 Å². The average Bonchev–Trinajstić information content (AvgIpc) is 2.47. The Kier molecular flexibility index (Phi) is 2.65. The van der Waals surface area contributed by atoms with Crippen LogP contribution in [0.1, 0.15) is 11.3 Å². The summed E-state index contributed by atoms with van der Waals surface area (Å²) in [5.74, 6) is 4.85. The zero-order valence-electron chi connectivity index (χ0n) is 6.63. The third-order valence-electron chi connectivity index (χ3n) is 1.42. The van der Waals surface area contributed by atoms with Crippen molar-refractivity contribution in [3.8, 4) is 0 Å². The van der Waals surface area contributed by atoms with Crippen molar-refractivity contribution < 1.29 is 9.32 Å². The molecular weight excluding hydrogens is 160 g/mol. The number of aromatic nitrogens is 1. The predicted molar refractivity (Wildman–Crippen MR) is 40.8 cm³/mol. The largest absolute Gasteiger partial charge is 0.364 e. The number of hydrazine groups is 1. The molecule has 1 rings (SSSR count). The number of nitrogens with one attached hydrogen (secondary N) is 2. The minimum atomic E-state index is -0.435. The van der Waals surface area contributed by atoms with Crippen molar-refractivity contribution in [3.05, 3.63) is 17.5 Å². The summed E-state index contributed by atoms with van der Waals surface area (Å²) in [4.78, 5) is 10.6. The normalized spacial score (nSPS) is 9.50. The highest BCUT2D eigenvalue weighted by Gasteiger charge is 2.03. The Labute approximate surface area is 69.1 Å². The second-order valence-electron chi connectivity index (χ2n) is 2.25. The molecule has 0 spiro atoms. The summed E-state index contributed by atoms with van der Waals surface area (Å²) in [7, 11) is 0. The van der Waals surface area contributed by atoms with Crippen molar-refractivity contribution in [1.82, 2.24) is 15.9 Å². The number of amides is 2. The van der Waals surface area contributed by atoms with E-state index in [2.05, 4.69) is 15.0 Å². The molecular formula is C6H10N4O2. The Morgan fingerprint density at radius 3 is 3.08 bits per heavy atom. The van der Waals surface area contributed by atoms with Crippen LogP contribution in [-0.2, 0) is 6.54 Å². The number of hydrogen-bond acceptors (Lipinski definition) is 4. The number of carbonyl (C=O) groups is 1. The first-order chi connectivity index (χ1) is 5.74. The number of rotatable bonds is 2. The summed E-state index contributed by atoms with van der Waals surface area (Å²) in [6.07, 6.45) is 1.48. The number of carbonyl (C=O) groups excluding carboxylic acids is 1. The van der Waals surface area contributed by atoms with E-state index >= 15 is 0 Å². The topological polar surface area (TPSA) is 93.2 Å². The van der Waals surface area contributed by atoms with Crippen LogP contribution in [0.3, 0.4) is 0 Å². The predicted octanol–water partition coefficient (Wildman–Crippen LogP) is -0.344. The molecule has 0 atom stereocenters. The van der Waals surface area contributed by atoms with Crippen molar-refractivity contribution >= 4 is 6.03 Å². The van der Waals surface area contributed by atoms with Crippen LogP contribution >= 0.6 is 0 Å². The van der Waals surface area contributed by atoms with Crippen LogP contribution < -0.4 is 16.6 Å². The second-order valence-corrected chi connectivity index (χ2v) is 2.25. The molecule has 0 aliphatic carbocycles. The van der Waals surface area contributed by atoms with E-state index in [0.29, 0.717) is 6.54 Å². The van der Waals surface area contributed by atoms with Gasteiger partial charge in [0.05, 0.1) is 5.69 Å². The van der Waals surface area contributed by atoms with E-state index in [4.69, 9.17) is 5.84 Å². The van der Waals surface area contributed by atoms with Gasteiger partial charge in [-0.25, -0.2) is 10.6 Å². The smallest absolute Gasteiger partial charge is 0.329 e. The molecule has 1 aromatic heterocycles. The molecule has 0 unspecified atom stereocenters. The third-order valence-corrected chi connectivity index (χ3v) is 1.42. The zero-order valence-corrected chi connectivity index (χ0v) is 6.63. The number of nitrogens with two attached hydrogens (primary N) is 1. The Morgan fingerprint density at radius 2 is 2.58 bits per heavy atom. The molecule has 0 aliphatic heterocycles. The van der Waals surface area contributed by atoms with Crippen LogP contribution in [0.4, 0.5) is 4.79 Å². The van der Waals surface area contributed by atoms with E-state index < -0.39 is 6.03 Å². The van der Waals surface area contributed by atoms with Crippen LogP contribution in [0, 0.1) is 6.92 Å². The molecule has 1 aromatic rings. The molecule has 0 bridgehead atoms. The van der Waals surface area contributed by atoms with Gasteiger partial charge < -0.3 is 9.84 Å². The molecule has 4 N–H and O–H groups in total. The monoisotopic (exact) mass is 170 g/mol. The van der Waals surface area contributed by atoms with E-state index in [0.717, 1.165) is 11.3 Å². The first kappa shape index (κ1) is 8.54. The van der Waals surface area contributed by atoms with Gasteiger partial charge in [-0.2, -0.15) is 0 Å². The lowest BCUT2D eigenvalue weighted by Crippen LogP contribution is -2.39. The molecule has 1 heterocycles. The van der Waals surface area contributed by atoms with E-state index in [1.807, 2.05) is 5.43 Å². The first-order valence-corrected chi connectivity index (χ1v) is 3.38. The highest BCUT2D eigenvalue weighted by Crippen LogP contribution is 2.03. The molecule has 12 heavy (non-hydrogen) atoms. The number of aryl methyl sites for hydroxylation is 1. The molecule has 6 nitrogen and oxygen atoms in total. The van der Waals surface area contributed by atoms with Gasteiger partial charge in [-0.05, 0) is 6.92 Å². The molecule has 0 saturated heterocycles. The molecule has 0 saturated carbocycles. The minimum Gasteiger partial charge on any atom is -0.364 e. The maximum atomic E-state index is 10.6. The van der Waals surface area contributed by atoms with E-state index in [1.165, 1.54) is 6.26 Å². The summed E-state index contributed by atoms with van der Waals surface area (Å²) in [5, 5.41) is 6.14. The van der Waals surface area contributed by atoms with Crippen molar-refractivity contribution in [3.63, 3.8) is 0 Å². The maximum absolute atomic E-state index is 10.6. The second kappa shape index (κ2) is 3.72. The number of urea groups is 1. The van der Waals surface area contributed by atoms with Crippen molar-refractivity contribution in [2.24, 2.45) is 5.84 Å². The van der Waals surface area contributed by atoms with Gasteiger partial charge in [0.25, 0.3) is 0 Å². The third kappa shape index (κ3) is 1.96. The van der Waals surface area contributed by atoms with E-state index in [1.54, 1.807) is 6.92 Å². The highest BCUT2D eigenvalue weighted by atomic mass is 16.5. The Bertz CT molecular complexity index is 270. The lowest BCUT2D eigenvalue weighted by Gasteiger charge is -2.00. The van der Waals surface area contributed by atoms with Crippen molar-refractivity contribution in [2.75, 3.05) is 0 Å². The summed E-state index contributed by atoms with van der Waals surface area (Å²) in [6.45, 7) is 2.15. The Morgan fingerprint density at radius 1 is 1.83 bits per heavy atom. The van der Waals surface area contributed by atoms with E-state index in [-0.39, 0.29) is 0 Å². The summed E-state index contributed by atoms with van der Waals surface area (Å²) in [6, 6.07) is -0.435. The van der Waals surface area contributed by atoms with Crippen LogP contribution in [0.5, 0.6) is 0 Å². The molecule has 6 heteroatoms. The van der Waals surface area contributed by atoms with Gasteiger partial charge in [0.15, 0.2) is 0 Å². The lowest BCUT2D eigenvalue weighted by atomic mass is 10.3. The number of hydrogen-bond donors (Lipinski definition) is 3. The Balaban J connectivity index is 2.43. The fourth-order valence-electron chi connectivity index (χ4n) is 0.709. The average molecular weight is 170 g/mol. The molecule has 0 aromatic carbocycles. The van der Waals surface area contributed by atoms with Gasteiger partial charge in [0, 0.05) is 12.1 Å². The molecule has 0 fully saturated rings. The summed E-state index contributed by atoms with van der Waals surface area (Å²) < 4.78 is 4.66. The summed E-state index contributed by atoms with van der Waals surface area (Å²) in [5.41, 5.74) is 3.53. The molecule has 2 amide bonds. The molecule has 0 aliphatic rings. The number of nitrogens with zero attached hydrogens (tertiary/aromatic N) is 1. The molecule has 0 radical (unpaired) electrons. The quantitative estimate of drug-likeness (QED) is 0.321. The fraction of sp³-hybridized carbons (Fsp3) is 0.333. The van der Waals surface area contributed by atoms with Gasteiger partial charge in [-0.3, -0.25) is 5.43 Å². The summed E-state index contributed by atoms with van der Waals surface area (Å²) >= 11 is 0. The highest BCUT2D eigenvalue weighted by molar-refractivity contribution is 5.72.